The van der Waals surface area contributed by atoms with E-state index in [1.807, 2.05) is 0 Å². The summed E-state index contributed by atoms with van der Waals surface area (Å²) in [5.41, 5.74) is 0. The van der Waals surface area contributed by atoms with Gasteiger partial charge in [-0.15, -0.1) is 5.10 Å². The van der Waals surface area contributed by atoms with Crippen LogP contribution < -0.4 is 5.32 Å². The summed E-state index contributed by atoms with van der Waals surface area (Å²) in [6.45, 7) is 4.21. The first-order chi connectivity index (χ1) is 9.31. The van der Waals surface area contributed by atoms with Crippen molar-refractivity contribution < 1.29 is 9.53 Å². The van der Waals surface area contributed by atoms with Crippen LogP contribution in [0.4, 0.5) is 0 Å². The second-order valence-corrected chi connectivity index (χ2v) is 4.89. The molecule has 0 bridgehead atoms. The Morgan fingerprint density at radius 1 is 1.42 bits per heavy atom. The number of aromatic amines is 1. The zero-order valence-electron chi connectivity index (χ0n) is 11.4. The molecule has 1 aliphatic carbocycles. The second kappa shape index (κ2) is 7.23. The molecule has 6 heteroatoms. The largest absolute Gasteiger partial charge is 0.381 e. The van der Waals surface area contributed by atoms with Crippen LogP contribution in [-0.4, -0.2) is 40.8 Å². The van der Waals surface area contributed by atoms with E-state index in [1.54, 1.807) is 0 Å². The fourth-order valence-corrected chi connectivity index (χ4v) is 1.72. The van der Waals surface area contributed by atoms with E-state index in [-0.39, 0.29) is 11.7 Å². The van der Waals surface area contributed by atoms with Crippen molar-refractivity contribution in [2.45, 2.75) is 44.9 Å². The predicted molar refractivity (Wildman–Crippen MR) is 71.0 cm³/mol. The number of ether oxygens (including phenoxy) is 1. The third-order valence-electron chi connectivity index (χ3n) is 3.06. The molecular weight excluding hydrogens is 244 g/mol. The Bertz CT molecular complexity index is 401. The van der Waals surface area contributed by atoms with Crippen molar-refractivity contribution in [1.29, 1.82) is 0 Å². The van der Waals surface area contributed by atoms with E-state index >= 15 is 0 Å². The van der Waals surface area contributed by atoms with E-state index in [9.17, 15) is 4.79 Å². The van der Waals surface area contributed by atoms with E-state index < -0.39 is 0 Å². The summed E-state index contributed by atoms with van der Waals surface area (Å²) < 4.78 is 5.42. The number of aromatic nitrogens is 3. The summed E-state index contributed by atoms with van der Waals surface area (Å²) >= 11 is 0. The molecule has 6 nitrogen and oxygen atoms in total. The van der Waals surface area contributed by atoms with Gasteiger partial charge in [-0.05, 0) is 25.7 Å². The molecule has 1 heterocycles. The molecule has 19 heavy (non-hydrogen) atoms. The molecule has 1 aromatic rings. The number of nitrogens with zero attached hydrogens (tertiary/aromatic N) is 2. The monoisotopic (exact) mass is 266 g/mol. The highest BCUT2D eigenvalue weighted by atomic mass is 16.5. The van der Waals surface area contributed by atoms with E-state index in [4.69, 9.17) is 4.74 Å². The van der Waals surface area contributed by atoms with Gasteiger partial charge in [0.1, 0.15) is 5.82 Å². The van der Waals surface area contributed by atoms with E-state index in [2.05, 4.69) is 27.4 Å². The Morgan fingerprint density at radius 3 is 2.95 bits per heavy atom. The van der Waals surface area contributed by atoms with Crippen molar-refractivity contribution in [3.63, 3.8) is 0 Å². The van der Waals surface area contributed by atoms with Crippen molar-refractivity contribution in [2.24, 2.45) is 0 Å². The van der Waals surface area contributed by atoms with Crippen LogP contribution in [0.2, 0.25) is 0 Å². The number of amides is 1. The minimum absolute atomic E-state index is 0.211. The lowest BCUT2D eigenvalue weighted by atomic mass is 10.3. The molecule has 1 aromatic heterocycles. The molecule has 0 aromatic carbocycles. The quantitative estimate of drug-likeness (QED) is 0.666. The lowest BCUT2D eigenvalue weighted by Gasteiger charge is -2.04. The lowest BCUT2D eigenvalue weighted by molar-refractivity contribution is 0.0930. The zero-order chi connectivity index (χ0) is 13.5. The van der Waals surface area contributed by atoms with Gasteiger partial charge in [-0.25, -0.2) is 4.98 Å². The lowest BCUT2D eigenvalue weighted by Crippen LogP contribution is -2.26. The molecule has 0 atom stereocenters. The Labute approximate surface area is 113 Å². The van der Waals surface area contributed by atoms with Crippen LogP contribution in [0.5, 0.6) is 0 Å². The maximum Gasteiger partial charge on any atom is 0.290 e. The normalized spacial score (nSPS) is 14.6. The summed E-state index contributed by atoms with van der Waals surface area (Å²) in [5, 5.41) is 9.56. The first-order valence-corrected chi connectivity index (χ1v) is 7.09. The standard InChI is InChI=1S/C13H22N4O2/c1-2-3-8-19-9-4-7-14-13(18)12-15-11(16-17-12)10-5-6-10/h10H,2-9H2,1H3,(H,14,18)(H,15,16,17). The first-order valence-electron chi connectivity index (χ1n) is 7.09. The van der Waals surface area contributed by atoms with E-state index in [0.29, 0.717) is 19.1 Å². The Balaban J connectivity index is 1.58. The molecule has 1 aliphatic rings. The van der Waals surface area contributed by atoms with Crippen molar-refractivity contribution in [1.82, 2.24) is 20.5 Å². The van der Waals surface area contributed by atoms with E-state index in [0.717, 1.165) is 44.5 Å². The highest BCUT2D eigenvalue weighted by molar-refractivity contribution is 5.90. The highest BCUT2D eigenvalue weighted by Crippen LogP contribution is 2.37. The summed E-state index contributed by atoms with van der Waals surface area (Å²) in [6.07, 6.45) is 5.34. The van der Waals surface area contributed by atoms with Gasteiger partial charge in [0.15, 0.2) is 0 Å². The number of nitrogens with one attached hydrogen (secondary N) is 2. The van der Waals surface area contributed by atoms with Crippen molar-refractivity contribution in [3.8, 4) is 0 Å². The molecule has 2 rings (SSSR count). The van der Waals surface area contributed by atoms with Gasteiger partial charge < -0.3 is 10.1 Å². The van der Waals surface area contributed by atoms with Crippen molar-refractivity contribution >= 4 is 5.91 Å². The summed E-state index contributed by atoms with van der Waals surface area (Å²) in [4.78, 5) is 15.9. The molecule has 106 valence electrons. The van der Waals surface area contributed by atoms with Gasteiger partial charge in [-0.3, -0.25) is 9.89 Å². The SMILES string of the molecule is CCCCOCCCNC(=O)c1n[nH]c(C2CC2)n1. The van der Waals surface area contributed by atoms with Gasteiger partial charge in [0.2, 0.25) is 5.82 Å². The minimum atomic E-state index is -0.211. The molecule has 0 unspecified atom stereocenters. The van der Waals surface area contributed by atoms with Crippen LogP contribution in [0, 0.1) is 0 Å². The summed E-state index contributed by atoms with van der Waals surface area (Å²) in [6, 6.07) is 0. The third kappa shape index (κ3) is 4.63. The van der Waals surface area contributed by atoms with Gasteiger partial charge in [-0.2, -0.15) is 0 Å². The highest BCUT2D eigenvalue weighted by Gasteiger charge is 2.28. The number of rotatable bonds is 9. The van der Waals surface area contributed by atoms with Crippen molar-refractivity contribution in [3.05, 3.63) is 11.6 Å². The van der Waals surface area contributed by atoms with Crippen LogP contribution in [0.15, 0.2) is 0 Å². The minimum Gasteiger partial charge on any atom is -0.381 e. The fourth-order valence-electron chi connectivity index (χ4n) is 1.72. The average Bonchev–Trinajstić information content (AvgIpc) is 3.15. The third-order valence-corrected chi connectivity index (χ3v) is 3.06. The molecule has 2 N–H and O–H groups in total. The number of unbranched alkanes of at least 4 members (excludes halogenated alkanes) is 1. The molecule has 0 aliphatic heterocycles. The molecular formula is C13H22N4O2. The molecule has 0 radical (unpaired) electrons. The number of carbonyl (C=O) groups is 1. The Hall–Kier alpha value is -1.43. The van der Waals surface area contributed by atoms with Gasteiger partial charge in [0.25, 0.3) is 5.91 Å². The van der Waals surface area contributed by atoms with Gasteiger partial charge in [-0.1, -0.05) is 13.3 Å². The number of hydrogen-bond donors (Lipinski definition) is 2. The average molecular weight is 266 g/mol. The summed E-state index contributed by atoms with van der Waals surface area (Å²) in [7, 11) is 0. The molecule has 0 saturated heterocycles. The van der Waals surface area contributed by atoms with Crippen LogP contribution in [0.25, 0.3) is 0 Å². The van der Waals surface area contributed by atoms with Crippen LogP contribution in [0.3, 0.4) is 0 Å². The molecule has 1 saturated carbocycles. The number of hydrogen-bond acceptors (Lipinski definition) is 4. The fraction of sp³-hybridized carbons (Fsp3) is 0.769. The summed E-state index contributed by atoms with van der Waals surface area (Å²) in [5.74, 6) is 1.36. The van der Waals surface area contributed by atoms with Crippen LogP contribution >= 0.6 is 0 Å². The van der Waals surface area contributed by atoms with Crippen LogP contribution in [0.1, 0.15) is 61.4 Å². The van der Waals surface area contributed by atoms with Gasteiger partial charge >= 0.3 is 0 Å². The van der Waals surface area contributed by atoms with Gasteiger partial charge in [0, 0.05) is 25.7 Å². The number of H-pyrrole nitrogens is 1. The van der Waals surface area contributed by atoms with Crippen molar-refractivity contribution in [2.75, 3.05) is 19.8 Å². The maximum atomic E-state index is 11.7. The maximum absolute atomic E-state index is 11.7. The Kier molecular flexibility index (Phi) is 5.32. The van der Waals surface area contributed by atoms with Crippen LogP contribution in [-0.2, 0) is 4.74 Å². The second-order valence-electron chi connectivity index (χ2n) is 4.89. The predicted octanol–water partition coefficient (Wildman–Crippen LogP) is 1.62. The molecule has 1 amide bonds. The molecule has 0 spiro atoms. The van der Waals surface area contributed by atoms with Gasteiger partial charge in [0.05, 0.1) is 0 Å². The number of carbonyl (C=O) groups excluding carboxylic acids is 1. The topological polar surface area (TPSA) is 79.9 Å². The molecule has 1 fully saturated rings. The Morgan fingerprint density at radius 2 is 2.21 bits per heavy atom. The first kappa shape index (κ1) is 14.0. The van der Waals surface area contributed by atoms with E-state index in [1.165, 1.54) is 0 Å². The smallest absolute Gasteiger partial charge is 0.290 e. The zero-order valence-corrected chi connectivity index (χ0v) is 11.4.